The molecule has 0 aliphatic rings. The molecule has 4 heteroatoms. The maximum absolute atomic E-state index is 6.61. The molecule has 0 N–H and O–H groups in total. The van der Waals surface area contributed by atoms with Gasteiger partial charge in [-0.1, -0.05) is 151 Å². The van der Waals surface area contributed by atoms with Crippen molar-refractivity contribution >= 4 is 32.7 Å². The first-order chi connectivity index (χ1) is 23.7. The molecule has 0 saturated heterocycles. The number of benzene rings is 7. The summed E-state index contributed by atoms with van der Waals surface area (Å²) in [5.41, 5.74) is 10.3. The second-order valence-electron chi connectivity index (χ2n) is 12.1. The number of nitrogens with zero attached hydrogens (tertiary/aromatic N) is 3. The molecule has 0 amide bonds. The van der Waals surface area contributed by atoms with Crippen LogP contribution in [0.4, 0.5) is 0 Å². The van der Waals surface area contributed by atoms with Gasteiger partial charge in [-0.3, -0.25) is 0 Å². The number of aryl methyl sites for hydroxylation is 1. The summed E-state index contributed by atoms with van der Waals surface area (Å²) in [6.45, 7) is 2.11. The molecule has 0 saturated carbocycles. The molecule has 9 aromatic rings. The number of hydrogen-bond donors (Lipinski definition) is 0. The van der Waals surface area contributed by atoms with Gasteiger partial charge in [0.25, 0.3) is 0 Å². The van der Waals surface area contributed by atoms with Crippen molar-refractivity contribution in [2.75, 3.05) is 0 Å². The van der Waals surface area contributed by atoms with Gasteiger partial charge in [0.2, 0.25) is 0 Å². The average Bonchev–Trinajstić information content (AvgIpc) is 3.54. The fourth-order valence-corrected chi connectivity index (χ4v) is 6.70. The average molecular weight is 616 g/mol. The smallest absolute Gasteiger partial charge is 0.164 e. The van der Waals surface area contributed by atoms with E-state index in [-0.39, 0.29) is 0 Å². The maximum Gasteiger partial charge on any atom is 0.164 e. The normalized spacial score (nSPS) is 11.4. The Morgan fingerprint density at radius 3 is 1.69 bits per heavy atom. The van der Waals surface area contributed by atoms with Crippen LogP contribution in [0.5, 0.6) is 0 Å². The lowest BCUT2D eigenvalue weighted by Crippen LogP contribution is -2.00. The fourth-order valence-electron chi connectivity index (χ4n) is 6.70. The van der Waals surface area contributed by atoms with Crippen LogP contribution in [0.1, 0.15) is 5.56 Å². The van der Waals surface area contributed by atoms with Crippen molar-refractivity contribution in [2.24, 2.45) is 0 Å². The van der Waals surface area contributed by atoms with Gasteiger partial charge in [-0.05, 0) is 52.1 Å². The van der Waals surface area contributed by atoms with Crippen molar-refractivity contribution in [2.45, 2.75) is 6.92 Å². The van der Waals surface area contributed by atoms with Gasteiger partial charge in [-0.2, -0.15) is 0 Å². The molecule has 9 rings (SSSR count). The highest BCUT2D eigenvalue weighted by Gasteiger charge is 2.20. The first-order valence-electron chi connectivity index (χ1n) is 16.1. The molecule has 0 fully saturated rings. The van der Waals surface area contributed by atoms with Gasteiger partial charge in [0.1, 0.15) is 11.2 Å². The third-order valence-corrected chi connectivity index (χ3v) is 8.99. The van der Waals surface area contributed by atoms with Gasteiger partial charge >= 0.3 is 0 Å². The van der Waals surface area contributed by atoms with E-state index in [0.29, 0.717) is 17.5 Å². The number of furan rings is 1. The molecule has 2 aromatic heterocycles. The highest BCUT2D eigenvalue weighted by atomic mass is 16.3. The lowest BCUT2D eigenvalue weighted by atomic mass is 9.94. The van der Waals surface area contributed by atoms with E-state index in [9.17, 15) is 0 Å². The Bertz CT molecular complexity index is 2610. The predicted octanol–water partition coefficient (Wildman–Crippen LogP) is 11.6. The molecule has 0 bridgehead atoms. The van der Waals surface area contributed by atoms with E-state index >= 15 is 0 Å². The van der Waals surface area contributed by atoms with Crippen LogP contribution >= 0.6 is 0 Å². The van der Waals surface area contributed by atoms with Gasteiger partial charge in [0.05, 0.1) is 0 Å². The van der Waals surface area contributed by atoms with Gasteiger partial charge < -0.3 is 4.42 Å². The van der Waals surface area contributed by atoms with Crippen molar-refractivity contribution in [3.63, 3.8) is 0 Å². The third kappa shape index (κ3) is 4.83. The molecule has 4 nitrogen and oxygen atoms in total. The zero-order valence-corrected chi connectivity index (χ0v) is 26.3. The second-order valence-corrected chi connectivity index (χ2v) is 12.1. The molecule has 0 unspecified atom stereocenters. The van der Waals surface area contributed by atoms with Crippen LogP contribution in [0.25, 0.3) is 89.1 Å². The molecule has 226 valence electrons. The predicted molar refractivity (Wildman–Crippen MR) is 197 cm³/mol. The largest absolute Gasteiger partial charge is 0.456 e. The summed E-state index contributed by atoms with van der Waals surface area (Å²) < 4.78 is 6.61. The number of aromatic nitrogens is 3. The SMILES string of the molecule is Cc1cccc(-c2ccc(-c3nc(-c4ccccc4)nc(-c4cc5oc6cccc(-c7ccccc7)c6c5c5ccccc45)n3)cc2)c1. The highest BCUT2D eigenvalue weighted by molar-refractivity contribution is 6.25. The van der Waals surface area contributed by atoms with Crippen LogP contribution in [0.15, 0.2) is 162 Å². The number of fused-ring (bicyclic) bond motifs is 5. The zero-order chi connectivity index (χ0) is 32.0. The summed E-state index contributed by atoms with van der Waals surface area (Å²) in [5, 5.41) is 4.35. The van der Waals surface area contributed by atoms with E-state index in [4.69, 9.17) is 19.4 Å². The Morgan fingerprint density at radius 1 is 0.375 bits per heavy atom. The van der Waals surface area contributed by atoms with Crippen LogP contribution in [-0.2, 0) is 0 Å². The number of rotatable bonds is 5. The molecule has 0 aliphatic heterocycles. The summed E-state index contributed by atoms with van der Waals surface area (Å²) in [6.07, 6.45) is 0. The van der Waals surface area contributed by atoms with Crippen LogP contribution in [-0.4, -0.2) is 15.0 Å². The minimum Gasteiger partial charge on any atom is -0.456 e. The molecular weight excluding hydrogens is 587 g/mol. The summed E-state index contributed by atoms with van der Waals surface area (Å²) in [6, 6.07) is 54.4. The number of hydrogen-bond acceptors (Lipinski definition) is 4. The van der Waals surface area contributed by atoms with Gasteiger partial charge in [-0.15, -0.1) is 0 Å². The summed E-state index contributed by atoms with van der Waals surface area (Å²) in [7, 11) is 0. The first kappa shape index (κ1) is 27.9. The molecule has 0 atom stereocenters. The van der Waals surface area contributed by atoms with E-state index in [1.807, 2.05) is 42.5 Å². The van der Waals surface area contributed by atoms with Crippen molar-refractivity contribution in [3.05, 3.63) is 163 Å². The molecular formula is C44H29N3O. The molecule has 48 heavy (non-hydrogen) atoms. The van der Waals surface area contributed by atoms with E-state index < -0.39 is 0 Å². The van der Waals surface area contributed by atoms with E-state index in [1.165, 1.54) is 11.1 Å². The van der Waals surface area contributed by atoms with Crippen molar-refractivity contribution in [1.82, 2.24) is 15.0 Å². The minimum atomic E-state index is 0.600. The van der Waals surface area contributed by atoms with E-state index in [2.05, 4.69) is 122 Å². The lowest BCUT2D eigenvalue weighted by Gasteiger charge is -2.12. The van der Waals surface area contributed by atoms with E-state index in [0.717, 1.165) is 66.1 Å². The molecule has 0 spiro atoms. The Morgan fingerprint density at radius 2 is 0.958 bits per heavy atom. The van der Waals surface area contributed by atoms with Crippen LogP contribution in [0, 0.1) is 6.92 Å². The molecule has 0 radical (unpaired) electrons. The van der Waals surface area contributed by atoms with Crippen molar-refractivity contribution < 1.29 is 4.42 Å². The van der Waals surface area contributed by atoms with Crippen LogP contribution < -0.4 is 0 Å². The quantitative estimate of drug-likeness (QED) is 0.193. The second kappa shape index (κ2) is 11.4. The topological polar surface area (TPSA) is 51.8 Å². The third-order valence-electron chi connectivity index (χ3n) is 8.99. The monoisotopic (exact) mass is 615 g/mol. The Hall–Kier alpha value is -6.39. The summed E-state index contributed by atoms with van der Waals surface area (Å²) >= 11 is 0. The van der Waals surface area contributed by atoms with Crippen LogP contribution in [0.2, 0.25) is 0 Å². The first-order valence-corrected chi connectivity index (χ1v) is 16.1. The van der Waals surface area contributed by atoms with Gasteiger partial charge in [-0.25, -0.2) is 15.0 Å². The summed E-state index contributed by atoms with van der Waals surface area (Å²) in [4.78, 5) is 15.2. The van der Waals surface area contributed by atoms with Crippen molar-refractivity contribution in [3.8, 4) is 56.4 Å². The standard InChI is InChI=1S/C44H29N3O/c1-28-12-10-17-33(26-28)29-22-24-32(25-23-29)43-45-42(31-15-6-3-7-16-31)46-44(47-43)37-27-39-41(36-19-9-8-18-35(36)37)40-34(20-11-21-38(40)48-39)30-13-4-2-5-14-30/h2-27H,1H3. The molecule has 0 aliphatic carbocycles. The Labute approximate surface area is 278 Å². The maximum atomic E-state index is 6.61. The minimum absolute atomic E-state index is 0.600. The molecule has 7 aromatic carbocycles. The van der Waals surface area contributed by atoms with Gasteiger partial charge in [0, 0.05) is 27.5 Å². The highest BCUT2D eigenvalue weighted by Crippen LogP contribution is 2.43. The lowest BCUT2D eigenvalue weighted by molar-refractivity contribution is 0.669. The summed E-state index contributed by atoms with van der Waals surface area (Å²) in [5.74, 6) is 1.84. The van der Waals surface area contributed by atoms with Crippen LogP contribution in [0.3, 0.4) is 0 Å². The Kier molecular flexibility index (Phi) is 6.65. The van der Waals surface area contributed by atoms with Gasteiger partial charge in [0.15, 0.2) is 17.5 Å². The Balaban J connectivity index is 1.26. The zero-order valence-electron chi connectivity index (χ0n) is 26.3. The molecule has 2 heterocycles. The fraction of sp³-hybridized carbons (Fsp3) is 0.0227. The van der Waals surface area contributed by atoms with E-state index in [1.54, 1.807) is 0 Å². The van der Waals surface area contributed by atoms with Crippen molar-refractivity contribution in [1.29, 1.82) is 0 Å².